The number of hydrogen-bond donors (Lipinski definition) is 1. The molecular formula is C8H14N2O. The predicted molar refractivity (Wildman–Crippen MR) is 43.1 cm³/mol. The lowest BCUT2D eigenvalue weighted by molar-refractivity contribution is 0.403. The molecule has 0 aliphatic heterocycles. The van der Waals surface area contributed by atoms with E-state index in [1.807, 2.05) is 19.9 Å². The fraction of sp³-hybridized carbons (Fsp3) is 0.625. The average molecular weight is 154 g/mol. The van der Waals surface area contributed by atoms with Gasteiger partial charge in [-0.05, 0) is 26.7 Å². The van der Waals surface area contributed by atoms with Gasteiger partial charge >= 0.3 is 0 Å². The molecule has 1 aromatic heterocycles. The minimum Gasteiger partial charge on any atom is -0.365 e. The summed E-state index contributed by atoms with van der Waals surface area (Å²) in [4.78, 5) is 0. The summed E-state index contributed by atoms with van der Waals surface area (Å²) in [6.07, 6.45) is 3.40. The molecule has 0 saturated heterocycles. The van der Waals surface area contributed by atoms with Gasteiger partial charge in [-0.25, -0.2) is 0 Å². The van der Waals surface area contributed by atoms with E-state index in [9.17, 15) is 0 Å². The highest BCUT2D eigenvalue weighted by atomic mass is 16.5. The normalized spacial score (nSPS) is 11.9. The van der Waals surface area contributed by atoms with Gasteiger partial charge in [-0.2, -0.15) is 0 Å². The molecule has 11 heavy (non-hydrogen) atoms. The van der Waals surface area contributed by atoms with Crippen LogP contribution in [0.3, 0.4) is 0 Å². The number of nitrogens with zero attached hydrogens (tertiary/aromatic N) is 1. The van der Waals surface area contributed by atoms with E-state index in [-0.39, 0.29) is 5.54 Å². The Bertz CT molecular complexity index is 198. The molecule has 62 valence electrons. The Morgan fingerprint density at radius 2 is 2.36 bits per heavy atom. The highest BCUT2D eigenvalue weighted by Gasteiger charge is 2.10. The Morgan fingerprint density at radius 3 is 2.82 bits per heavy atom. The van der Waals surface area contributed by atoms with Crippen LogP contribution in [0.25, 0.3) is 0 Å². The van der Waals surface area contributed by atoms with Gasteiger partial charge < -0.3 is 10.3 Å². The molecule has 2 N–H and O–H groups in total. The molecule has 1 aromatic rings. The lowest BCUT2D eigenvalue weighted by Crippen LogP contribution is -2.32. The number of aryl methyl sites for hydroxylation is 1. The molecule has 0 spiro atoms. The summed E-state index contributed by atoms with van der Waals surface area (Å²) in [5, 5.41) is 3.79. The third-order valence-corrected chi connectivity index (χ3v) is 1.52. The van der Waals surface area contributed by atoms with Crippen molar-refractivity contribution in [2.24, 2.45) is 5.73 Å². The van der Waals surface area contributed by atoms with Crippen LogP contribution in [0, 0.1) is 0 Å². The van der Waals surface area contributed by atoms with Gasteiger partial charge in [0.15, 0.2) is 0 Å². The largest absolute Gasteiger partial charge is 0.365 e. The summed E-state index contributed by atoms with van der Waals surface area (Å²) in [6, 6.07) is 1.87. The molecule has 0 saturated carbocycles. The molecule has 3 nitrogen and oxygen atoms in total. The van der Waals surface area contributed by atoms with Gasteiger partial charge in [0.05, 0.1) is 5.69 Å². The van der Waals surface area contributed by atoms with Crippen LogP contribution in [0.2, 0.25) is 0 Å². The summed E-state index contributed by atoms with van der Waals surface area (Å²) in [5.41, 5.74) is 6.66. The first kappa shape index (κ1) is 8.27. The predicted octanol–water partition coefficient (Wildman–Crippen LogP) is 1.34. The number of rotatable bonds is 3. The van der Waals surface area contributed by atoms with E-state index in [4.69, 9.17) is 5.73 Å². The zero-order valence-electron chi connectivity index (χ0n) is 7.00. The van der Waals surface area contributed by atoms with E-state index < -0.39 is 0 Å². The first-order chi connectivity index (χ1) is 5.08. The summed E-state index contributed by atoms with van der Waals surface area (Å²) < 4.78 is 4.69. The highest BCUT2D eigenvalue weighted by molar-refractivity contribution is 4.96. The Morgan fingerprint density at radius 1 is 1.64 bits per heavy atom. The molecule has 0 amide bonds. The fourth-order valence-corrected chi connectivity index (χ4v) is 0.817. The Hall–Kier alpha value is -0.830. The van der Waals surface area contributed by atoms with Crippen molar-refractivity contribution in [3.8, 4) is 0 Å². The van der Waals surface area contributed by atoms with Crippen molar-refractivity contribution < 1.29 is 4.52 Å². The Kier molecular flexibility index (Phi) is 2.29. The van der Waals surface area contributed by atoms with Crippen LogP contribution in [-0.4, -0.2) is 10.7 Å². The van der Waals surface area contributed by atoms with E-state index in [1.165, 1.54) is 0 Å². The Balaban J connectivity index is 2.35. The third kappa shape index (κ3) is 3.18. The van der Waals surface area contributed by atoms with Gasteiger partial charge in [-0.3, -0.25) is 0 Å². The van der Waals surface area contributed by atoms with Crippen molar-refractivity contribution in [1.29, 1.82) is 0 Å². The van der Waals surface area contributed by atoms with E-state index in [0.717, 1.165) is 18.5 Å². The maximum atomic E-state index is 5.79. The molecule has 1 heterocycles. The van der Waals surface area contributed by atoms with Gasteiger partial charge in [0, 0.05) is 11.6 Å². The average Bonchev–Trinajstić information content (AvgIpc) is 2.32. The monoisotopic (exact) mass is 154 g/mol. The molecular weight excluding hydrogens is 140 g/mol. The fourth-order valence-electron chi connectivity index (χ4n) is 0.817. The summed E-state index contributed by atoms with van der Waals surface area (Å²) >= 11 is 0. The highest BCUT2D eigenvalue weighted by Crippen LogP contribution is 2.08. The van der Waals surface area contributed by atoms with Crippen molar-refractivity contribution in [2.45, 2.75) is 32.2 Å². The zero-order valence-corrected chi connectivity index (χ0v) is 7.00. The minimum absolute atomic E-state index is 0.112. The first-order valence-corrected chi connectivity index (χ1v) is 3.76. The van der Waals surface area contributed by atoms with Gasteiger partial charge in [-0.1, -0.05) is 5.16 Å². The molecule has 0 aromatic carbocycles. The molecule has 0 radical (unpaired) electrons. The molecule has 1 rings (SSSR count). The Labute approximate surface area is 66.6 Å². The molecule has 0 atom stereocenters. The number of aromatic nitrogens is 1. The van der Waals surface area contributed by atoms with Crippen molar-refractivity contribution in [1.82, 2.24) is 5.16 Å². The number of hydrogen-bond acceptors (Lipinski definition) is 3. The minimum atomic E-state index is -0.112. The molecule has 0 fully saturated rings. The molecule has 3 heteroatoms. The maximum absolute atomic E-state index is 5.79. The molecule has 0 bridgehead atoms. The van der Waals surface area contributed by atoms with Crippen LogP contribution in [-0.2, 0) is 6.42 Å². The SMILES string of the molecule is CC(C)(N)CCc1ccon1. The van der Waals surface area contributed by atoms with Crippen LogP contribution in [0.15, 0.2) is 16.9 Å². The van der Waals surface area contributed by atoms with Gasteiger partial charge in [0.1, 0.15) is 6.26 Å². The summed E-state index contributed by atoms with van der Waals surface area (Å²) in [7, 11) is 0. The van der Waals surface area contributed by atoms with Gasteiger partial charge in [0.2, 0.25) is 0 Å². The summed E-state index contributed by atoms with van der Waals surface area (Å²) in [5.74, 6) is 0. The second-order valence-corrected chi connectivity index (χ2v) is 3.48. The van der Waals surface area contributed by atoms with Crippen molar-refractivity contribution in [2.75, 3.05) is 0 Å². The number of nitrogens with two attached hydrogens (primary N) is 1. The maximum Gasteiger partial charge on any atom is 0.124 e. The second kappa shape index (κ2) is 3.05. The lowest BCUT2D eigenvalue weighted by atomic mass is 9.99. The summed E-state index contributed by atoms with van der Waals surface area (Å²) in [6.45, 7) is 4.01. The quantitative estimate of drug-likeness (QED) is 0.714. The van der Waals surface area contributed by atoms with Crippen LogP contribution >= 0.6 is 0 Å². The third-order valence-electron chi connectivity index (χ3n) is 1.52. The van der Waals surface area contributed by atoms with Crippen LogP contribution < -0.4 is 5.73 Å². The van der Waals surface area contributed by atoms with E-state index in [1.54, 1.807) is 6.26 Å². The van der Waals surface area contributed by atoms with Crippen molar-refractivity contribution >= 4 is 0 Å². The first-order valence-electron chi connectivity index (χ1n) is 3.76. The molecule has 0 unspecified atom stereocenters. The van der Waals surface area contributed by atoms with Crippen LogP contribution in [0.4, 0.5) is 0 Å². The van der Waals surface area contributed by atoms with E-state index >= 15 is 0 Å². The molecule has 0 aliphatic rings. The van der Waals surface area contributed by atoms with Gasteiger partial charge in [0.25, 0.3) is 0 Å². The van der Waals surface area contributed by atoms with Crippen LogP contribution in [0.5, 0.6) is 0 Å². The van der Waals surface area contributed by atoms with E-state index in [0.29, 0.717) is 0 Å². The topological polar surface area (TPSA) is 52.0 Å². The van der Waals surface area contributed by atoms with Crippen molar-refractivity contribution in [3.05, 3.63) is 18.0 Å². The molecule has 0 aliphatic carbocycles. The second-order valence-electron chi connectivity index (χ2n) is 3.48. The van der Waals surface area contributed by atoms with E-state index in [2.05, 4.69) is 9.68 Å². The van der Waals surface area contributed by atoms with Gasteiger partial charge in [-0.15, -0.1) is 0 Å². The standard InChI is InChI=1S/C8H14N2O/c1-8(2,9)5-3-7-4-6-11-10-7/h4,6H,3,5,9H2,1-2H3. The zero-order chi connectivity index (χ0) is 8.32. The van der Waals surface area contributed by atoms with Crippen molar-refractivity contribution in [3.63, 3.8) is 0 Å². The smallest absolute Gasteiger partial charge is 0.124 e. The lowest BCUT2D eigenvalue weighted by Gasteiger charge is -2.16. The van der Waals surface area contributed by atoms with Crippen LogP contribution in [0.1, 0.15) is 26.0 Å².